The number of rotatable bonds is 6. The zero-order valence-electron chi connectivity index (χ0n) is 14.5. The van der Waals surface area contributed by atoms with Crippen molar-refractivity contribution in [1.29, 1.82) is 0 Å². The summed E-state index contributed by atoms with van der Waals surface area (Å²) in [5, 5.41) is 10.9. The Kier molecular flexibility index (Phi) is 5.75. The summed E-state index contributed by atoms with van der Waals surface area (Å²) in [5.41, 5.74) is 0.942. The highest BCUT2D eigenvalue weighted by atomic mass is 19.1. The van der Waals surface area contributed by atoms with Gasteiger partial charge in [0.05, 0.1) is 12.5 Å². The van der Waals surface area contributed by atoms with E-state index in [0.29, 0.717) is 19.6 Å². The van der Waals surface area contributed by atoms with E-state index in [9.17, 15) is 9.18 Å². The molecule has 2 aromatic rings. The molecule has 3 rings (SSSR count). The Morgan fingerprint density at radius 1 is 1.44 bits per heavy atom. The van der Waals surface area contributed by atoms with Gasteiger partial charge in [-0.15, -0.1) is 10.2 Å². The van der Waals surface area contributed by atoms with Crippen LogP contribution >= 0.6 is 0 Å². The van der Waals surface area contributed by atoms with Gasteiger partial charge in [-0.05, 0) is 44.0 Å². The minimum Gasteiger partial charge on any atom is -0.349 e. The molecule has 0 unspecified atom stereocenters. The minimum atomic E-state index is -0.219. The van der Waals surface area contributed by atoms with Crippen LogP contribution in [0.5, 0.6) is 0 Å². The van der Waals surface area contributed by atoms with Crippen molar-refractivity contribution in [2.75, 3.05) is 13.1 Å². The van der Waals surface area contributed by atoms with E-state index >= 15 is 0 Å². The molecule has 0 radical (unpaired) electrons. The van der Waals surface area contributed by atoms with Crippen LogP contribution in [0, 0.1) is 11.7 Å². The standard InChI is InChI=1S/C18H24FN5O/c1-2-24-13-21-22-17(24)10-20-18(25)15-6-4-8-23(12-15)11-14-5-3-7-16(19)9-14/h3,5,7,9,13,15H,2,4,6,8,10-12H2,1H3,(H,20,25)/t15-/m1/s1. The number of carbonyl (C=O) groups is 1. The van der Waals surface area contributed by atoms with Gasteiger partial charge in [0.2, 0.25) is 5.91 Å². The third-order valence-electron chi connectivity index (χ3n) is 4.63. The second-order valence-corrected chi connectivity index (χ2v) is 6.46. The van der Waals surface area contributed by atoms with Gasteiger partial charge in [-0.2, -0.15) is 0 Å². The Hall–Kier alpha value is -2.28. The van der Waals surface area contributed by atoms with Crippen LogP contribution in [0.1, 0.15) is 31.2 Å². The van der Waals surface area contributed by atoms with Crippen molar-refractivity contribution >= 4 is 5.91 Å². The van der Waals surface area contributed by atoms with Gasteiger partial charge in [0.1, 0.15) is 12.1 Å². The molecule has 1 aliphatic heterocycles. The number of aromatic nitrogens is 3. The molecule has 7 heteroatoms. The largest absolute Gasteiger partial charge is 0.349 e. The number of halogens is 1. The van der Waals surface area contributed by atoms with Crippen molar-refractivity contribution in [2.45, 2.75) is 39.4 Å². The number of amides is 1. The van der Waals surface area contributed by atoms with Crippen molar-refractivity contribution in [3.63, 3.8) is 0 Å². The summed E-state index contributed by atoms with van der Waals surface area (Å²) in [6, 6.07) is 6.65. The smallest absolute Gasteiger partial charge is 0.224 e. The molecule has 1 aliphatic rings. The molecule has 25 heavy (non-hydrogen) atoms. The molecule has 0 saturated carbocycles. The van der Waals surface area contributed by atoms with Gasteiger partial charge in [0.25, 0.3) is 0 Å². The quantitative estimate of drug-likeness (QED) is 0.869. The molecule has 1 aromatic heterocycles. The molecular formula is C18H24FN5O. The third-order valence-corrected chi connectivity index (χ3v) is 4.63. The van der Waals surface area contributed by atoms with Crippen molar-refractivity contribution in [3.8, 4) is 0 Å². The van der Waals surface area contributed by atoms with Gasteiger partial charge in [0, 0.05) is 19.6 Å². The number of benzene rings is 1. The summed E-state index contributed by atoms with van der Waals surface area (Å²) in [5.74, 6) is 0.557. The molecule has 6 nitrogen and oxygen atoms in total. The van der Waals surface area contributed by atoms with Crippen LogP contribution in [-0.4, -0.2) is 38.7 Å². The van der Waals surface area contributed by atoms with E-state index in [2.05, 4.69) is 20.4 Å². The monoisotopic (exact) mass is 345 g/mol. The third kappa shape index (κ3) is 4.63. The molecular weight excluding hydrogens is 321 g/mol. The first-order valence-electron chi connectivity index (χ1n) is 8.77. The van der Waals surface area contributed by atoms with Gasteiger partial charge >= 0.3 is 0 Å². The van der Waals surface area contributed by atoms with E-state index in [1.54, 1.807) is 18.5 Å². The van der Waals surface area contributed by atoms with Crippen LogP contribution < -0.4 is 5.32 Å². The van der Waals surface area contributed by atoms with Crippen LogP contribution in [0.3, 0.4) is 0 Å². The first-order chi connectivity index (χ1) is 12.2. The van der Waals surface area contributed by atoms with Gasteiger partial charge in [-0.1, -0.05) is 12.1 Å². The summed E-state index contributed by atoms with van der Waals surface area (Å²) in [7, 11) is 0. The maximum atomic E-state index is 13.3. The Morgan fingerprint density at radius 2 is 2.32 bits per heavy atom. The zero-order valence-corrected chi connectivity index (χ0v) is 14.5. The molecule has 1 atom stereocenters. The Morgan fingerprint density at radius 3 is 3.12 bits per heavy atom. The van der Waals surface area contributed by atoms with Crippen LogP contribution in [-0.2, 0) is 24.4 Å². The average molecular weight is 345 g/mol. The second kappa shape index (κ2) is 8.20. The number of likely N-dealkylation sites (tertiary alicyclic amines) is 1. The SMILES string of the molecule is CCn1cnnc1CNC(=O)[C@@H]1CCCN(Cc2cccc(F)c2)C1. The van der Waals surface area contributed by atoms with Gasteiger partial charge in [-0.3, -0.25) is 9.69 Å². The maximum Gasteiger partial charge on any atom is 0.224 e. The van der Waals surface area contributed by atoms with Gasteiger partial charge < -0.3 is 9.88 Å². The second-order valence-electron chi connectivity index (χ2n) is 6.46. The van der Waals surface area contributed by atoms with Crippen LogP contribution in [0.2, 0.25) is 0 Å². The van der Waals surface area contributed by atoms with E-state index in [-0.39, 0.29) is 17.6 Å². The highest BCUT2D eigenvalue weighted by Crippen LogP contribution is 2.19. The number of hydrogen-bond acceptors (Lipinski definition) is 4. The highest BCUT2D eigenvalue weighted by molar-refractivity contribution is 5.78. The van der Waals surface area contributed by atoms with E-state index in [1.165, 1.54) is 6.07 Å². The lowest BCUT2D eigenvalue weighted by Crippen LogP contribution is -2.42. The van der Waals surface area contributed by atoms with Crippen LogP contribution in [0.15, 0.2) is 30.6 Å². The van der Waals surface area contributed by atoms with Gasteiger partial charge in [0.15, 0.2) is 5.82 Å². The fourth-order valence-electron chi connectivity index (χ4n) is 3.30. The lowest BCUT2D eigenvalue weighted by atomic mass is 9.96. The van der Waals surface area contributed by atoms with E-state index < -0.39 is 0 Å². The van der Waals surface area contributed by atoms with Crippen molar-refractivity contribution < 1.29 is 9.18 Å². The molecule has 0 aliphatic carbocycles. The molecule has 1 saturated heterocycles. The molecule has 0 bridgehead atoms. The number of aryl methyl sites for hydroxylation is 1. The number of nitrogens with zero attached hydrogens (tertiary/aromatic N) is 4. The number of hydrogen-bond donors (Lipinski definition) is 1. The van der Waals surface area contributed by atoms with Gasteiger partial charge in [-0.25, -0.2) is 4.39 Å². The topological polar surface area (TPSA) is 63.1 Å². The molecule has 1 amide bonds. The molecule has 1 N–H and O–H groups in total. The summed E-state index contributed by atoms with van der Waals surface area (Å²) in [6.07, 6.45) is 3.52. The summed E-state index contributed by atoms with van der Waals surface area (Å²) in [6.45, 7) is 5.50. The minimum absolute atomic E-state index is 0.0414. The van der Waals surface area contributed by atoms with E-state index in [4.69, 9.17) is 0 Å². The van der Waals surface area contributed by atoms with Crippen LogP contribution in [0.4, 0.5) is 4.39 Å². The molecule has 2 heterocycles. The Bertz CT molecular complexity index is 717. The zero-order chi connectivity index (χ0) is 17.6. The summed E-state index contributed by atoms with van der Waals surface area (Å²) in [4.78, 5) is 14.7. The maximum absolute atomic E-state index is 13.3. The normalized spacial score (nSPS) is 18.2. The lowest BCUT2D eigenvalue weighted by Gasteiger charge is -2.32. The van der Waals surface area contributed by atoms with E-state index in [0.717, 1.165) is 37.3 Å². The summed E-state index contributed by atoms with van der Waals surface area (Å²) < 4.78 is 15.2. The van der Waals surface area contributed by atoms with Crippen LogP contribution in [0.25, 0.3) is 0 Å². The highest BCUT2D eigenvalue weighted by Gasteiger charge is 2.26. The average Bonchev–Trinajstić information content (AvgIpc) is 3.07. The first-order valence-corrected chi connectivity index (χ1v) is 8.77. The van der Waals surface area contributed by atoms with Crippen molar-refractivity contribution in [2.24, 2.45) is 5.92 Å². The predicted molar refractivity (Wildman–Crippen MR) is 91.9 cm³/mol. The predicted octanol–water partition coefficient (Wildman–Crippen LogP) is 1.97. The number of nitrogens with one attached hydrogen (secondary N) is 1. The van der Waals surface area contributed by atoms with Crippen molar-refractivity contribution in [3.05, 3.63) is 47.8 Å². The Labute approximate surface area is 147 Å². The van der Waals surface area contributed by atoms with E-state index in [1.807, 2.05) is 17.6 Å². The molecule has 134 valence electrons. The summed E-state index contributed by atoms with van der Waals surface area (Å²) >= 11 is 0. The molecule has 0 spiro atoms. The fraction of sp³-hybridized carbons (Fsp3) is 0.500. The molecule has 1 aromatic carbocycles. The molecule has 1 fully saturated rings. The first kappa shape index (κ1) is 17.5. The number of carbonyl (C=O) groups excluding carboxylic acids is 1. The van der Waals surface area contributed by atoms with Crippen molar-refractivity contribution in [1.82, 2.24) is 25.0 Å². The number of piperidine rings is 1. The fourth-order valence-corrected chi connectivity index (χ4v) is 3.30. The Balaban J connectivity index is 1.52. The lowest BCUT2D eigenvalue weighted by molar-refractivity contribution is -0.127.